The molecule has 1 heterocycles. The van der Waals surface area contributed by atoms with Crippen LogP contribution < -0.4 is 10.3 Å². The molecule has 0 aliphatic heterocycles. The van der Waals surface area contributed by atoms with Crippen LogP contribution in [0.15, 0.2) is 59.4 Å². The van der Waals surface area contributed by atoms with Gasteiger partial charge in [0.2, 0.25) is 5.56 Å². The highest BCUT2D eigenvalue weighted by Gasteiger charge is 2.36. The standard InChI is InChI=1S/C26H31NO3/c1-17-12-13-26(3,29-4)16-23(17)20-6-5-7-22(15-20)30-18(2)19-8-10-24-21(14-19)9-11-25(28)27-24/h5-11,14-15,17-18,23H,12-13,16H2,1-4H3,(H,27,28). The molecule has 158 valence electrons. The summed E-state index contributed by atoms with van der Waals surface area (Å²) in [5.74, 6) is 1.99. The molecule has 4 nitrogen and oxygen atoms in total. The lowest BCUT2D eigenvalue weighted by molar-refractivity contribution is -0.0398. The van der Waals surface area contributed by atoms with E-state index in [9.17, 15) is 4.79 Å². The molecule has 1 N–H and O–H groups in total. The quantitative estimate of drug-likeness (QED) is 0.568. The number of hydrogen-bond donors (Lipinski definition) is 1. The summed E-state index contributed by atoms with van der Waals surface area (Å²) in [6.07, 6.45) is 3.23. The highest BCUT2D eigenvalue weighted by Crippen LogP contribution is 2.44. The Bertz CT molecular complexity index is 1090. The number of aromatic nitrogens is 1. The molecule has 1 saturated carbocycles. The molecule has 2 aromatic carbocycles. The molecule has 1 aromatic heterocycles. The summed E-state index contributed by atoms with van der Waals surface area (Å²) in [7, 11) is 1.83. The monoisotopic (exact) mass is 405 g/mol. The third-order valence-corrected chi connectivity index (χ3v) is 6.78. The first-order chi connectivity index (χ1) is 14.4. The van der Waals surface area contributed by atoms with Gasteiger partial charge in [0.05, 0.1) is 5.60 Å². The average Bonchev–Trinajstić information content (AvgIpc) is 2.75. The highest BCUT2D eigenvalue weighted by molar-refractivity contribution is 5.79. The number of hydrogen-bond acceptors (Lipinski definition) is 3. The predicted molar refractivity (Wildman–Crippen MR) is 121 cm³/mol. The Labute approximate surface area is 178 Å². The third-order valence-electron chi connectivity index (χ3n) is 6.78. The van der Waals surface area contributed by atoms with Gasteiger partial charge in [-0.25, -0.2) is 0 Å². The van der Waals surface area contributed by atoms with Gasteiger partial charge in [0.1, 0.15) is 11.9 Å². The minimum Gasteiger partial charge on any atom is -0.486 e. The Morgan fingerprint density at radius 2 is 1.97 bits per heavy atom. The van der Waals surface area contributed by atoms with Crippen molar-refractivity contribution < 1.29 is 9.47 Å². The lowest BCUT2D eigenvalue weighted by Gasteiger charge is -2.41. The number of fused-ring (bicyclic) bond motifs is 1. The maximum absolute atomic E-state index is 11.5. The van der Waals surface area contributed by atoms with Crippen molar-refractivity contribution in [1.29, 1.82) is 0 Å². The molecule has 4 heteroatoms. The molecular formula is C26H31NO3. The zero-order valence-electron chi connectivity index (χ0n) is 18.3. The van der Waals surface area contributed by atoms with Crippen LogP contribution in [0.4, 0.5) is 0 Å². The first-order valence-corrected chi connectivity index (χ1v) is 10.8. The van der Waals surface area contributed by atoms with Crippen molar-refractivity contribution >= 4 is 10.9 Å². The van der Waals surface area contributed by atoms with Crippen LogP contribution in [-0.4, -0.2) is 17.7 Å². The van der Waals surface area contributed by atoms with Crippen molar-refractivity contribution in [3.63, 3.8) is 0 Å². The van der Waals surface area contributed by atoms with E-state index in [2.05, 4.69) is 50.0 Å². The van der Waals surface area contributed by atoms with E-state index in [1.54, 1.807) is 6.07 Å². The Kier molecular flexibility index (Phi) is 5.70. The van der Waals surface area contributed by atoms with E-state index in [-0.39, 0.29) is 17.3 Å². The topological polar surface area (TPSA) is 51.3 Å². The number of ether oxygens (including phenoxy) is 2. The van der Waals surface area contributed by atoms with Gasteiger partial charge < -0.3 is 14.5 Å². The fourth-order valence-corrected chi connectivity index (χ4v) is 4.65. The van der Waals surface area contributed by atoms with E-state index in [0.29, 0.717) is 11.8 Å². The van der Waals surface area contributed by atoms with Crippen LogP contribution in [0.1, 0.15) is 63.2 Å². The fourth-order valence-electron chi connectivity index (χ4n) is 4.65. The van der Waals surface area contributed by atoms with Crippen LogP contribution >= 0.6 is 0 Å². The molecular weight excluding hydrogens is 374 g/mol. The molecule has 4 unspecified atom stereocenters. The first kappa shape index (κ1) is 20.7. The number of methoxy groups -OCH3 is 1. The molecule has 1 fully saturated rings. The highest BCUT2D eigenvalue weighted by atomic mass is 16.5. The Morgan fingerprint density at radius 3 is 2.77 bits per heavy atom. The van der Waals surface area contributed by atoms with Gasteiger partial charge in [0.15, 0.2) is 0 Å². The summed E-state index contributed by atoms with van der Waals surface area (Å²) >= 11 is 0. The first-order valence-electron chi connectivity index (χ1n) is 10.8. The van der Waals surface area contributed by atoms with Crippen LogP contribution in [-0.2, 0) is 4.74 Å². The third kappa shape index (κ3) is 4.29. The number of pyridine rings is 1. The van der Waals surface area contributed by atoms with Gasteiger partial charge in [-0.2, -0.15) is 0 Å². The molecule has 3 aromatic rings. The van der Waals surface area contributed by atoms with Gasteiger partial charge in [-0.15, -0.1) is 0 Å². The summed E-state index contributed by atoms with van der Waals surface area (Å²) < 4.78 is 12.1. The van der Waals surface area contributed by atoms with Gasteiger partial charge in [-0.05, 0) is 91.8 Å². The fraction of sp³-hybridized carbons (Fsp3) is 0.423. The molecule has 4 atom stereocenters. The maximum Gasteiger partial charge on any atom is 0.248 e. The predicted octanol–water partition coefficient (Wildman–Crippen LogP) is 5.98. The molecule has 4 rings (SSSR count). The molecule has 1 aliphatic rings. The van der Waals surface area contributed by atoms with Crippen molar-refractivity contribution in [3.05, 3.63) is 76.1 Å². The largest absolute Gasteiger partial charge is 0.486 e. The Hall–Kier alpha value is -2.59. The second-order valence-electron chi connectivity index (χ2n) is 8.98. The number of rotatable bonds is 5. The second-order valence-corrected chi connectivity index (χ2v) is 8.98. The number of nitrogens with one attached hydrogen (secondary N) is 1. The number of H-pyrrole nitrogens is 1. The second kappa shape index (κ2) is 8.27. The minimum atomic E-state index is -0.0930. The summed E-state index contributed by atoms with van der Waals surface area (Å²) in [6.45, 7) is 6.63. The molecule has 30 heavy (non-hydrogen) atoms. The molecule has 0 saturated heterocycles. The van der Waals surface area contributed by atoms with Crippen molar-refractivity contribution in [3.8, 4) is 5.75 Å². The lowest BCUT2D eigenvalue weighted by Crippen LogP contribution is -2.36. The van der Waals surface area contributed by atoms with Crippen molar-refractivity contribution in [1.82, 2.24) is 4.98 Å². The van der Waals surface area contributed by atoms with Crippen LogP contribution in [0.5, 0.6) is 5.75 Å². The molecule has 0 spiro atoms. The zero-order chi connectivity index (χ0) is 21.3. The summed E-state index contributed by atoms with van der Waals surface area (Å²) in [4.78, 5) is 14.4. The van der Waals surface area contributed by atoms with Gasteiger partial charge in [0.25, 0.3) is 0 Å². The maximum atomic E-state index is 11.5. The Morgan fingerprint density at radius 1 is 1.13 bits per heavy atom. The molecule has 1 aliphatic carbocycles. The summed E-state index contributed by atoms with van der Waals surface area (Å²) in [5, 5.41) is 1.01. The number of aromatic amines is 1. The van der Waals surface area contributed by atoms with Gasteiger partial charge in [-0.1, -0.05) is 25.1 Å². The molecule has 0 bridgehead atoms. The normalized spacial score (nSPS) is 25.2. The minimum absolute atomic E-state index is 0.0482. The molecule has 0 amide bonds. The summed E-state index contributed by atoms with van der Waals surface area (Å²) in [6, 6.07) is 18.0. The van der Waals surface area contributed by atoms with Crippen molar-refractivity contribution in [2.24, 2.45) is 5.92 Å². The van der Waals surface area contributed by atoms with Crippen molar-refractivity contribution in [2.45, 2.75) is 57.7 Å². The SMILES string of the molecule is COC1(C)CCC(C)C(c2cccc(OC(C)c3ccc4[nH]c(=O)ccc4c3)c2)C1. The number of benzene rings is 2. The van der Waals surface area contributed by atoms with E-state index in [0.717, 1.165) is 35.1 Å². The van der Waals surface area contributed by atoms with Gasteiger partial charge in [0, 0.05) is 18.7 Å². The lowest BCUT2D eigenvalue weighted by atomic mass is 9.70. The van der Waals surface area contributed by atoms with Crippen LogP contribution in [0, 0.1) is 5.92 Å². The van der Waals surface area contributed by atoms with Gasteiger partial charge >= 0.3 is 0 Å². The van der Waals surface area contributed by atoms with Crippen LogP contribution in [0.3, 0.4) is 0 Å². The Balaban J connectivity index is 1.54. The van der Waals surface area contributed by atoms with E-state index < -0.39 is 0 Å². The van der Waals surface area contributed by atoms with Crippen molar-refractivity contribution in [2.75, 3.05) is 7.11 Å². The average molecular weight is 406 g/mol. The zero-order valence-corrected chi connectivity index (χ0v) is 18.3. The summed E-state index contributed by atoms with van der Waals surface area (Å²) in [5.41, 5.74) is 3.11. The molecule has 0 radical (unpaired) electrons. The smallest absolute Gasteiger partial charge is 0.248 e. The van der Waals surface area contributed by atoms with E-state index in [1.807, 2.05) is 31.4 Å². The van der Waals surface area contributed by atoms with E-state index in [4.69, 9.17) is 9.47 Å². The van der Waals surface area contributed by atoms with Gasteiger partial charge in [-0.3, -0.25) is 4.79 Å². The van der Waals surface area contributed by atoms with E-state index in [1.165, 1.54) is 12.0 Å². The van der Waals surface area contributed by atoms with Crippen LogP contribution in [0.25, 0.3) is 10.9 Å². The van der Waals surface area contributed by atoms with E-state index >= 15 is 0 Å². The van der Waals surface area contributed by atoms with Crippen LogP contribution in [0.2, 0.25) is 0 Å².